The number of hydroxylamine groups is 1. The van der Waals surface area contributed by atoms with E-state index in [0.29, 0.717) is 18.7 Å². The second kappa shape index (κ2) is 8.58. The minimum absolute atomic E-state index is 0.275. The summed E-state index contributed by atoms with van der Waals surface area (Å²) in [5.74, 6) is 0. The van der Waals surface area contributed by atoms with Gasteiger partial charge >= 0.3 is 0 Å². The lowest BCUT2D eigenvalue weighted by Crippen LogP contribution is -2.51. The molecule has 0 unspecified atom stereocenters. The maximum Gasteiger partial charge on any atom is 0.192 e. The molecule has 136 valence electrons. The first-order valence-electron chi connectivity index (χ1n) is 9.06. The predicted molar refractivity (Wildman–Crippen MR) is 102 cm³/mol. The van der Waals surface area contributed by atoms with E-state index in [4.69, 9.17) is 9.26 Å². The summed E-state index contributed by atoms with van der Waals surface area (Å²) in [6.45, 7) is 13.9. The molecule has 2 atom stereocenters. The molecule has 4 nitrogen and oxygen atoms in total. The highest BCUT2D eigenvalue weighted by Crippen LogP contribution is 2.36. The van der Waals surface area contributed by atoms with E-state index in [2.05, 4.69) is 56.8 Å². The third-order valence-electron chi connectivity index (χ3n) is 5.30. The Morgan fingerprint density at radius 1 is 1.17 bits per heavy atom. The van der Waals surface area contributed by atoms with Crippen LogP contribution < -0.4 is 10.8 Å². The normalized spacial score (nSPS) is 22.5. The maximum absolute atomic E-state index is 6.33. The first-order chi connectivity index (χ1) is 11.3. The van der Waals surface area contributed by atoms with Crippen LogP contribution in [-0.2, 0) is 15.9 Å². The molecule has 1 heterocycles. The van der Waals surface area contributed by atoms with Crippen molar-refractivity contribution in [1.29, 1.82) is 0 Å². The Hall–Kier alpha value is -0.723. The molecule has 1 aromatic rings. The van der Waals surface area contributed by atoms with Gasteiger partial charge in [0.15, 0.2) is 8.32 Å². The van der Waals surface area contributed by atoms with Gasteiger partial charge in [-0.2, -0.15) is 5.48 Å². The van der Waals surface area contributed by atoms with Gasteiger partial charge in [-0.15, -0.1) is 0 Å². The fraction of sp³-hybridized carbons (Fsp3) is 0.684. The summed E-state index contributed by atoms with van der Waals surface area (Å²) in [5, 5.41) is 3.87. The van der Waals surface area contributed by atoms with Crippen molar-refractivity contribution < 1.29 is 9.26 Å². The molecule has 1 saturated heterocycles. The highest BCUT2D eigenvalue weighted by molar-refractivity contribution is 6.74. The van der Waals surface area contributed by atoms with E-state index in [0.717, 1.165) is 26.0 Å². The van der Waals surface area contributed by atoms with E-state index in [9.17, 15) is 0 Å². The third kappa shape index (κ3) is 5.97. The van der Waals surface area contributed by atoms with Gasteiger partial charge in [-0.3, -0.25) is 4.84 Å². The van der Waals surface area contributed by atoms with Gasteiger partial charge in [-0.25, -0.2) is 0 Å². The number of rotatable bonds is 7. The standard InChI is InChI=1S/C19H34N2O2Si/c1-19(2,3)24(4,5)23-15-18-12-11-17(13-20-18)21-22-14-16-9-7-6-8-10-16/h6-10,17-18,20-21H,11-15H2,1-5H3/t17-,18+/m1/s1. The van der Waals surface area contributed by atoms with Crippen molar-refractivity contribution in [2.75, 3.05) is 13.2 Å². The number of hydrogen-bond acceptors (Lipinski definition) is 4. The van der Waals surface area contributed by atoms with Gasteiger partial charge in [-0.1, -0.05) is 51.1 Å². The lowest BCUT2D eigenvalue weighted by Gasteiger charge is -2.38. The Kier molecular flexibility index (Phi) is 7.01. The number of nitrogens with one attached hydrogen (secondary N) is 2. The summed E-state index contributed by atoms with van der Waals surface area (Å²) >= 11 is 0. The van der Waals surface area contributed by atoms with Crippen LogP contribution in [0.5, 0.6) is 0 Å². The van der Waals surface area contributed by atoms with Gasteiger partial charge in [-0.05, 0) is 36.5 Å². The Labute approximate surface area is 148 Å². The first-order valence-corrected chi connectivity index (χ1v) is 12.0. The molecule has 1 aliphatic rings. The van der Waals surface area contributed by atoms with Gasteiger partial charge in [0.2, 0.25) is 0 Å². The van der Waals surface area contributed by atoms with Crippen LogP contribution in [0.15, 0.2) is 30.3 Å². The fourth-order valence-electron chi connectivity index (χ4n) is 2.50. The first kappa shape index (κ1) is 19.6. The molecule has 5 heteroatoms. The molecule has 1 fully saturated rings. The van der Waals surface area contributed by atoms with Crippen LogP contribution in [0.3, 0.4) is 0 Å². The summed E-state index contributed by atoms with van der Waals surface area (Å²) in [6.07, 6.45) is 2.24. The van der Waals surface area contributed by atoms with E-state index in [1.165, 1.54) is 5.56 Å². The van der Waals surface area contributed by atoms with E-state index in [1.54, 1.807) is 0 Å². The van der Waals surface area contributed by atoms with E-state index in [-0.39, 0.29) is 5.04 Å². The Balaban J connectivity index is 1.63. The number of piperidine rings is 1. The van der Waals surface area contributed by atoms with Crippen LogP contribution in [-0.4, -0.2) is 33.6 Å². The third-order valence-corrected chi connectivity index (χ3v) is 9.80. The second-order valence-corrected chi connectivity index (χ2v) is 13.2. The summed E-state index contributed by atoms with van der Waals surface area (Å²) in [6, 6.07) is 11.1. The van der Waals surface area contributed by atoms with E-state index < -0.39 is 8.32 Å². The molecule has 0 spiro atoms. The topological polar surface area (TPSA) is 42.5 Å². The number of hydrogen-bond donors (Lipinski definition) is 2. The van der Waals surface area contributed by atoms with Crippen molar-refractivity contribution in [1.82, 2.24) is 10.8 Å². The molecule has 2 rings (SSSR count). The van der Waals surface area contributed by atoms with Crippen LogP contribution >= 0.6 is 0 Å². The zero-order chi connectivity index (χ0) is 17.6. The smallest absolute Gasteiger partial charge is 0.192 e. The molecule has 2 N–H and O–H groups in total. The van der Waals surface area contributed by atoms with Crippen molar-refractivity contribution in [3.05, 3.63) is 35.9 Å². The molecule has 0 aliphatic carbocycles. The van der Waals surface area contributed by atoms with Gasteiger partial charge in [0.25, 0.3) is 0 Å². The van der Waals surface area contributed by atoms with Crippen LogP contribution in [0.4, 0.5) is 0 Å². The average molecular weight is 351 g/mol. The van der Waals surface area contributed by atoms with Crippen LogP contribution in [0, 0.1) is 0 Å². The molecule has 0 amide bonds. The molecular formula is C19H34N2O2Si. The average Bonchev–Trinajstić information content (AvgIpc) is 2.54. The monoisotopic (exact) mass is 350 g/mol. The van der Waals surface area contributed by atoms with Crippen LogP contribution in [0.2, 0.25) is 18.1 Å². The Bertz CT molecular complexity index is 480. The van der Waals surface area contributed by atoms with Gasteiger partial charge in [0, 0.05) is 25.2 Å². The van der Waals surface area contributed by atoms with Gasteiger partial charge in [0.1, 0.15) is 0 Å². The predicted octanol–water partition coefficient (Wildman–Crippen LogP) is 3.85. The van der Waals surface area contributed by atoms with Crippen molar-refractivity contribution in [2.24, 2.45) is 0 Å². The Morgan fingerprint density at radius 2 is 1.88 bits per heavy atom. The molecule has 0 bridgehead atoms. The van der Waals surface area contributed by atoms with Crippen molar-refractivity contribution in [3.8, 4) is 0 Å². The maximum atomic E-state index is 6.33. The SMILES string of the molecule is CC(C)(C)[Si](C)(C)OC[C@@H]1CC[C@@H](NOCc2ccccc2)CN1. The molecule has 0 radical (unpaired) electrons. The summed E-state index contributed by atoms with van der Waals surface area (Å²) in [5.41, 5.74) is 4.38. The van der Waals surface area contributed by atoms with Gasteiger partial charge in [0.05, 0.1) is 6.61 Å². The molecular weight excluding hydrogens is 316 g/mol. The summed E-state index contributed by atoms with van der Waals surface area (Å²) in [7, 11) is -1.64. The fourth-order valence-corrected chi connectivity index (χ4v) is 3.55. The highest BCUT2D eigenvalue weighted by Gasteiger charge is 2.37. The second-order valence-electron chi connectivity index (χ2n) is 8.34. The summed E-state index contributed by atoms with van der Waals surface area (Å²) < 4.78 is 6.33. The largest absolute Gasteiger partial charge is 0.415 e. The van der Waals surface area contributed by atoms with Crippen LogP contribution in [0.25, 0.3) is 0 Å². The lowest BCUT2D eigenvalue weighted by atomic mass is 10.0. The van der Waals surface area contributed by atoms with Crippen molar-refractivity contribution >= 4 is 8.32 Å². The molecule has 0 aromatic heterocycles. The zero-order valence-electron chi connectivity index (χ0n) is 15.9. The minimum atomic E-state index is -1.64. The summed E-state index contributed by atoms with van der Waals surface area (Å²) in [4.78, 5) is 5.64. The Morgan fingerprint density at radius 3 is 2.46 bits per heavy atom. The van der Waals surface area contributed by atoms with Crippen LogP contribution in [0.1, 0.15) is 39.2 Å². The molecule has 1 aliphatic heterocycles. The van der Waals surface area contributed by atoms with E-state index in [1.807, 2.05) is 18.2 Å². The van der Waals surface area contributed by atoms with Crippen molar-refractivity contribution in [3.63, 3.8) is 0 Å². The number of benzene rings is 1. The van der Waals surface area contributed by atoms with Crippen molar-refractivity contribution in [2.45, 2.75) is 70.4 Å². The highest BCUT2D eigenvalue weighted by atomic mass is 28.4. The van der Waals surface area contributed by atoms with Gasteiger partial charge < -0.3 is 9.74 Å². The minimum Gasteiger partial charge on any atom is -0.415 e. The quantitative estimate of drug-likeness (QED) is 0.579. The lowest BCUT2D eigenvalue weighted by molar-refractivity contribution is -0.00517. The molecule has 24 heavy (non-hydrogen) atoms. The molecule has 1 aromatic carbocycles. The zero-order valence-corrected chi connectivity index (χ0v) is 16.9. The van der Waals surface area contributed by atoms with E-state index >= 15 is 0 Å². The molecule has 0 saturated carbocycles.